The Morgan fingerprint density at radius 3 is 2.68 bits per heavy atom. The van der Waals surface area contributed by atoms with Crippen LogP contribution in [0.4, 0.5) is 15.8 Å². The topological polar surface area (TPSA) is 59.3 Å². The molecule has 1 saturated heterocycles. The van der Waals surface area contributed by atoms with Crippen molar-refractivity contribution in [1.29, 1.82) is 5.26 Å². The lowest BCUT2D eigenvalue weighted by Crippen LogP contribution is -2.36. The molecule has 2 aromatic rings. The van der Waals surface area contributed by atoms with Crippen molar-refractivity contribution in [1.82, 2.24) is 0 Å². The zero-order valence-corrected chi connectivity index (χ0v) is 14.3. The van der Waals surface area contributed by atoms with E-state index in [1.807, 2.05) is 24.3 Å². The third-order valence-electron chi connectivity index (χ3n) is 4.66. The Morgan fingerprint density at radius 1 is 1.24 bits per heavy atom. The molecule has 0 aliphatic carbocycles. The van der Waals surface area contributed by atoms with Crippen LogP contribution in [0.15, 0.2) is 36.4 Å². The summed E-state index contributed by atoms with van der Waals surface area (Å²) in [4.78, 5) is 2.14. The van der Waals surface area contributed by atoms with Gasteiger partial charge in [0.1, 0.15) is 11.9 Å². The first-order chi connectivity index (χ1) is 12.1. The number of hydrogen-bond donors (Lipinski definition) is 2. The standard InChI is InChI=1S/C20H22FN3O/c1-14-2-3-15(10-19(14)21)13-23-17-4-5-20(16(11-17)12-22)24-8-6-18(25)7-9-24/h2-5,10-11,18,23,25H,6-9,13H2,1H3. The molecule has 1 fully saturated rings. The number of aryl methyl sites for hydroxylation is 1. The van der Waals surface area contributed by atoms with Gasteiger partial charge in [-0.15, -0.1) is 0 Å². The Kier molecular flexibility index (Phi) is 5.20. The smallest absolute Gasteiger partial charge is 0.126 e. The second-order valence-electron chi connectivity index (χ2n) is 6.50. The molecule has 0 saturated carbocycles. The van der Waals surface area contributed by atoms with Gasteiger partial charge in [0.2, 0.25) is 0 Å². The van der Waals surface area contributed by atoms with Crippen LogP contribution in [0.25, 0.3) is 0 Å². The summed E-state index contributed by atoms with van der Waals surface area (Å²) < 4.78 is 13.6. The fourth-order valence-electron chi connectivity index (χ4n) is 3.07. The summed E-state index contributed by atoms with van der Waals surface area (Å²) in [5, 5.41) is 22.3. The van der Waals surface area contributed by atoms with Crippen molar-refractivity contribution >= 4 is 11.4 Å². The Bertz CT molecular complexity index is 792. The Hall–Kier alpha value is -2.58. The molecule has 25 heavy (non-hydrogen) atoms. The molecule has 130 valence electrons. The molecule has 0 radical (unpaired) electrons. The van der Waals surface area contributed by atoms with Crippen molar-refractivity contribution in [2.24, 2.45) is 0 Å². The molecule has 0 unspecified atom stereocenters. The molecule has 0 bridgehead atoms. The average Bonchev–Trinajstić information content (AvgIpc) is 2.63. The molecule has 0 atom stereocenters. The number of aliphatic hydroxyl groups is 1. The number of anilines is 2. The van der Waals surface area contributed by atoms with E-state index >= 15 is 0 Å². The van der Waals surface area contributed by atoms with E-state index < -0.39 is 0 Å². The number of rotatable bonds is 4. The second kappa shape index (κ2) is 7.54. The summed E-state index contributed by atoms with van der Waals surface area (Å²) in [6.45, 7) is 3.75. The number of benzene rings is 2. The predicted molar refractivity (Wildman–Crippen MR) is 97.1 cm³/mol. The van der Waals surface area contributed by atoms with Gasteiger partial charge < -0.3 is 15.3 Å². The molecule has 3 rings (SSSR count). The monoisotopic (exact) mass is 339 g/mol. The van der Waals surface area contributed by atoms with Crippen LogP contribution in [0.5, 0.6) is 0 Å². The van der Waals surface area contributed by atoms with Crippen LogP contribution in [-0.2, 0) is 6.54 Å². The zero-order chi connectivity index (χ0) is 17.8. The summed E-state index contributed by atoms with van der Waals surface area (Å²) in [7, 11) is 0. The quantitative estimate of drug-likeness (QED) is 0.894. The van der Waals surface area contributed by atoms with Crippen LogP contribution in [0.1, 0.15) is 29.5 Å². The van der Waals surface area contributed by atoms with Gasteiger partial charge in [-0.25, -0.2) is 4.39 Å². The van der Waals surface area contributed by atoms with E-state index in [-0.39, 0.29) is 11.9 Å². The first-order valence-electron chi connectivity index (χ1n) is 8.53. The van der Waals surface area contributed by atoms with Crippen molar-refractivity contribution in [2.45, 2.75) is 32.4 Å². The van der Waals surface area contributed by atoms with Crippen LogP contribution in [0, 0.1) is 24.1 Å². The Labute approximate surface area is 147 Å². The highest BCUT2D eigenvalue weighted by Crippen LogP contribution is 2.27. The van der Waals surface area contributed by atoms with E-state index in [9.17, 15) is 14.8 Å². The fourth-order valence-corrected chi connectivity index (χ4v) is 3.07. The molecule has 2 N–H and O–H groups in total. The van der Waals surface area contributed by atoms with E-state index in [4.69, 9.17) is 0 Å². The van der Waals surface area contributed by atoms with Crippen molar-refractivity contribution in [3.8, 4) is 6.07 Å². The van der Waals surface area contributed by atoms with Crippen molar-refractivity contribution < 1.29 is 9.50 Å². The van der Waals surface area contributed by atoms with Gasteiger partial charge in [-0.3, -0.25) is 0 Å². The lowest BCUT2D eigenvalue weighted by Gasteiger charge is -2.32. The Morgan fingerprint density at radius 2 is 2.00 bits per heavy atom. The summed E-state index contributed by atoms with van der Waals surface area (Å²) in [5.74, 6) is -0.209. The molecule has 0 amide bonds. The molecule has 2 aromatic carbocycles. The molecule has 0 spiro atoms. The van der Waals surface area contributed by atoms with E-state index in [0.29, 0.717) is 17.7 Å². The lowest BCUT2D eigenvalue weighted by atomic mass is 10.0. The predicted octanol–water partition coefficient (Wildman–Crippen LogP) is 3.58. The van der Waals surface area contributed by atoms with E-state index in [2.05, 4.69) is 16.3 Å². The van der Waals surface area contributed by atoms with Crippen LogP contribution >= 0.6 is 0 Å². The first kappa shape index (κ1) is 17.2. The van der Waals surface area contributed by atoms with Gasteiger partial charge in [0.25, 0.3) is 0 Å². The third-order valence-corrected chi connectivity index (χ3v) is 4.66. The fraction of sp³-hybridized carbons (Fsp3) is 0.350. The van der Waals surface area contributed by atoms with Gasteiger partial charge in [0.15, 0.2) is 0 Å². The number of hydrogen-bond acceptors (Lipinski definition) is 4. The molecular weight excluding hydrogens is 317 g/mol. The lowest BCUT2D eigenvalue weighted by molar-refractivity contribution is 0.145. The van der Waals surface area contributed by atoms with Crippen molar-refractivity contribution in [3.63, 3.8) is 0 Å². The highest BCUT2D eigenvalue weighted by atomic mass is 19.1. The minimum Gasteiger partial charge on any atom is -0.393 e. The number of aliphatic hydroxyl groups excluding tert-OH is 1. The molecule has 1 aliphatic rings. The van der Waals surface area contributed by atoms with E-state index in [0.717, 1.165) is 42.9 Å². The van der Waals surface area contributed by atoms with Crippen LogP contribution in [-0.4, -0.2) is 24.3 Å². The van der Waals surface area contributed by atoms with Gasteiger partial charge in [-0.05, 0) is 55.2 Å². The van der Waals surface area contributed by atoms with Gasteiger partial charge in [0.05, 0.1) is 17.4 Å². The summed E-state index contributed by atoms with van der Waals surface area (Å²) in [5.41, 5.74) is 3.83. The minimum atomic E-state index is -0.238. The first-order valence-corrected chi connectivity index (χ1v) is 8.53. The van der Waals surface area contributed by atoms with Gasteiger partial charge in [-0.1, -0.05) is 12.1 Å². The molecular formula is C20H22FN3O. The normalized spacial score (nSPS) is 15.0. The number of nitriles is 1. The number of nitrogens with zero attached hydrogens (tertiary/aromatic N) is 2. The van der Waals surface area contributed by atoms with E-state index in [1.165, 1.54) is 6.07 Å². The van der Waals surface area contributed by atoms with Crippen LogP contribution in [0.3, 0.4) is 0 Å². The molecule has 4 nitrogen and oxygen atoms in total. The number of nitrogens with one attached hydrogen (secondary N) is 1. The maximum Gasteiger partial charge on any atom is 0.126 e. The molecule has 0 aromatic heterocycles. The number of halogens is 1. The SMILES string of the molecule is Cc1ccc(CNc2ccc(N3CCC(O)CC3)c(C#N)c2)cc1F. The molecule has 1 aliphatic heterocycles. The maximum atomic E-state index is 13.6. The van der Waals surface area contributed by atoms with Gasteiger partial charge in [0, 0.05) is 25.3 Å². The number of piperidine rings is 1. The zero-order valence-electron chi connectivity index (χ0n) is 14.3. The van der Waals surface area contributed by atoms with Gasteiger partial charge in [-0.2, -0.15) is 5.26 Å². The van der Waals surface area contributed by atoms with Crippen LogP contribution in [0.2, 0.25) is 0 Å². The second-order valence-corrected chi connectivity index (χ2v) is 6.50. The summed E-state index contributed by atoms with van der Waals surface area (Å²) in [6, 6.07) is 13.1. The average molecular weight is 339 g/mol. The molecule has 1 heterocycles. The summed E-state index contributed by atoms with van der Waals surface area (Å²) in [6.07, 6.45) is 1.21. The van der Waals surface area contributed by atoms with Crippen LogP contribution < -0.4 is 10.2 Å². The minimum absolute atomic E-state index is 0.209. The van der Waals surface area contributed by atoms with E-state index in [1.54, 1.807) is 13.0 Å². The van der Waals surface area contributed by atoms with Crippen molar-refractivity contribution in [3.05, 3.63) is 58.9 Å². The van der Waals surface area contributed by atoms with Gasteiger partial charge >= 0.3 is 0 Å². The highest BCUT2D eigenvalue weighted by Gasteiger charge is 2.19. The molecule has 5 heteroatoms. The largest absolute Gasteiger partial charge is 0.393 e. The maximum absolute atomic E-state index is 13.6. The Balaban J connectivity index is 1.71. The highest BCUT2D eigenvalue weighted by molar-refractivity contribution is 5.65. The van der Waals surface area contributed by atoms with Crippen molar-refractivity contribution in [2.75, 3.05) is 23.3 Å². The summed E-state index contributed by atoms with van der Waals surface area (Å²) >= 11 is 0. The third kappa shape index (κ3) is 4.09.